The molecule has 0 saturated carbocycles. The smallest absolute Gasteiger partial charge is 0.122 e. The highest BCUT2D eigenvalue weighted by molar-refractivity contribution is 5.05. The van der Waals surface area contributed by atoms with Crippen molar-refractivity contribution >= 4 is 0 Å². The highest BCUT2D eigenvalue weighted by Gasteiger charge is 2.21. The summed E-state index contributed by atoms with van der Waals surface area (Å²) in [6, 6.07) is 6.22. The van der Waals surface area contributed by atoms with E-state index in [1.165, 1.54) is 30.9 Å². The van der Waals surface area contributed by atoms with Gasteiger partial charge < -0.3 is 4.57 Å². The first-order chi connectivity index (χ1) is 10.8. The van der Waals surface area contributed by atoms with Gasteiger partial charge in [-0.1, -0.05) is 13.0 Å². The lowest BCUT2D eigenvalue weighted by Gasteiger charge is -2.32. The first-order valence-corrected chi connectivity index (χ1v) is 8.47. The fraction of sp³-hybridized carbons (Fsp3) is 0.556. The second kappa shape index (κ2) is 7.54. The molecule has 3 heterocycles. The number of rotatable bonds is 6. The van der Waals surface area contributed by atoms with E-state index in [0.717, 1.165) is 38.4 Å². The lowest BCUT2D eigenvalue weighted by Crippen LogP contribution is -2.36. The Kier molecular flexibility index (Phi) is 5.22. The molecule has 1 aliphatic heterocycles. The molecular formula is C18H26N4. The van der Waals surface area contributed by atoms with Crippen LogP contribution >= 0.6 is 0 Å². The summed E-state index contributed by atoms with van der Waals surface area (Å²) in [6.45, 7) is 6.62. The van der Waals surface area contributed by atoms with Crippen LogP contribution in [0.15, 0.2) is 36.8 Å². The molecule has 0 bridgehead atoms. The van der Waals surface area contributed by atoms with Crippen LogP contribution in [-0.2, 0) is 19.5 Å². The number of hydrogen-bond acceptors (Lipinski definition) is 3. The molecule has 1 atom stereocenters. The Balaban J connectivity index is 1.57. The van der Waals surface area contributed by atoms with E-state index in [1.54, 1.807) is 0 Å². The lowest BCUT2D eigenvalue weighted by atomic mass is 9.93. The average Bonchev–Trinajstić information content (AvgIpc) is 2.96. The summed E-state index contributed by atoms with van der Waals surface area (Å²) in [6.07, 6.45) is 10.8. The minimum atomic E-state index is 0.721. The van der Waals surface area contributed by atoms with Gasteiger partial charge in [0.2, 0.25) is 0 Å². The van der Waals surface area contributed by atoms with E-state index in [-0.39, 0.29) is 0 Å². The van der Waals surface area contributed by atoms with Crippen LogP contribution in [-0.4, -0.2) is 32.5 Å². The van der Waals surface area contributed by atoms with E-state index in [1.807, 2.05) is 18.5 Å². The van der Waals surface area contributed by atoms with Crippen molar-refractivity contribution < 1.29 is 0 Å². The number of aryl methyl sites for hydroxylation is 1. The normalized spacial score (nSPS) is 19.4. The molecule has 0 aromatic carbocycles. The monoisotopic (exact) mass is 298 g/mol. The van der Waals surface area contributed by atoms with Gasteiger partial charge in [-0.3, -0.25) is 9.88 Å². The largest absolute Gasteiger partial charge is 0.334 e. The van der Waals surface area contributed by atoms with Gasteiger partial charge in [-0.25, -0.2) is 4.98 Å². The van der Waals surface area contributed by atoms with E-state index >= 15 is 0 Å². The number of imidazole rings is 1. The van der Waals surface area contributed by atoms with Gasteiger partial charge in [-0.2, -0.15) is 0 Å². The van der Waals surface area contributed by atoms with Gasteiger partial charge in [0.15, 0.2) is 0 Å². The fourth-order valence-electron chi connectivity index (χ4n) is 3.41. The predicted molar refractivity (Wildman–Crippen MR) is 88.5 cm³/mol. The molecule has 0 spiro atoms. The van der Waals surface area contributed by atoms with Crippen molar-refractivity contribution in [1.82, 2.24) is 19.4 Å². The zero-order valence-corrected chi connectivity index (χ0v) is 13.5. The minimum absolute atomic E-state index is 0.721. The van der Waals surface area contributed by atoms with E-state index in [2.05, 4.69) is 44.7 Å². The number of pyridine rings is 1. The summed E-state index contributed by atoms with van der Waals surface area (Å²) in [5.41, 5.74) is 1.22. The third-order valence-corrected chi connectivity index (χ3v) is 4.46. The molecule has 4 nitrogen and oxygen atoms in total. The van der Waals surface area contributed by atoms with Crippen LogP contribution in [0.5, 0.6) is 0 Å². The number of aromatic nitrogens is 3. The van der Waals surface area contributed by atoms with Crippen molar-refractivity contribution in [3.8, 4) is 0 Å². The molecule has 0 N–H and O–H groups in total. The topological polar surface area (TPSA) is 34.0 Å². The molecule has 1 aliphatic rings. The quantitative estimate of drug-likeness (QED) is 0.821. The Hall–Kier alpha value is -1.68. The molecule has 0 radical (unpaired) electrons. The maximum atomic E-state index is 4.55. The maximum absolute atomic E-state index is 4.55. The Morgan fingerprint density at radius 1 is 1.23 bits per heavy atom. The van der Waals surface area contributed by atoms with Crippen molar-refractivity contribution in [2.24, 2.45) is 5.92 Å². The standard InChI is InChI=1S/C18H26N4/c1-2-10-22-12-9-20-18(22)15-21-11-5-6-16(14-21)13-17-7-3-4-8-19-17/h3-4,7-9,12,16H,2,5-6,10-11,13-15H2,1H3/t16-/m0/s1. The molecule has 2 aromatic rings. The predicted octanol–water partition coefficient (Wildman–Crippen LogP) is 3.14. The second-order valence-electron chi connectivity index (χ2n) is 6.31. The summed E-state index contributed by atoms with van der Waals surface area (Å²) in [5.74, 6) is 1.93. The molecule has 0 unspecified atom stereocenters. The van der Waals surface area contributed by atoms with Gasteiger partial charge in [0.25, 0.3) is 0 Å². The molecule has 4 heteroatoms. The van der Waals surface area contributed by atoms with Crippen molar-refractivity contribution in [1.29, 1.82) is 0 Å². The number of nitrogens with zero attached hydrogens (tertiary/aromatic N) is 4. The first-order valence-electron chi connectivity index (χ1n) is 8.47. The van der Waals surface area contributed by atoms with Crippen LogP contribution in [0, 0.1) is 5.92 Å². The van der Waals surface area contributed by atoms with Gasteiger partial charge in [0.05, 0.1) is 6.54 Å². The van der Waals surface area contributed by atoms with Crippen LogP contribution in [0.3, 0.4) is 0 Å². The Morgan fingerprint density at radius 3 is 3.00 bits per heavy atom. The van der Waals surface area contributed by atoms with E-state index in [0.29, 0.717) is 0 Å². The summed E-state index contributed by atoms with van der Waals surface area (Å²) in [4.78, 5) is 11.6. The average molecular weight is 298 g/mol. The number of piperidine rings is 1. The third-order valence-electron chi connectivity index (χ3n) is 4.46. The summed E-state index contributed by atoms with van der Waals surface area (Å²) >= 11 is 0. The number of hydrogen-bond donors (Lipinski definition) is 0. The van der Waals surface area contributed by atoms with E-state index in [4.69, 9.17) is 0 Å². The third kappa shape index (κ3) is 3.95. The zero-order valence-electron chi connectivity index (χ0n) is 13.5. The maximum Gasteiger partial charge on any atom is 0.122 e. The van der Waals surface area contributed by atoms with Crippen LogP contribution in [0.25, 0.3) is 0 Å². The van der Waals surface area contributed by atoms with Crippen LogP contribution in [0.4, 0.5) is 0 Å². The van der Waals surface area contributed by atoms with E-state index in [9.17, 15) is 0 Å². The summed E-state index contributed by atoms with van der Waals surface area (Å²) < 4.78 is 2.29. The highest BCUT2D eigenvalue weighted by Crippen LogP contribution is 2.21. The van der Waals surface area contributed by atoms with E-state index < -0.39 is 0 Å². The van der Waals surface area contributed by atoms with Gasteiger partial charge in [0.1, 0.15) is 5.82 Å². The van der Waals surface area contributed by atoms with Crippen molar-refractivity contribution in [2.75, 3.05) is 13.1 Å². The van der Waals surface area contributed by atoms with Crippen LogP contribution in [0.2, 0.25) is 0 Å². The van der Waals surface area contributed by atoms with Gasteiger partial charge >= 0.3 is 0 Å². The van der Waals surface area contributed by atoms with Crippen LogP contribution < -0.4 is 0 Å². The van der Waals surface area contributed by atoms with Crippen molar-refractivity contribution in [2.45, 2.75) is 45.7 Å². The van der Waals surface area contributed by atoms with Crippen LogP contribution in [0.1, 0.15) is 37.7 Å². The van der Waals surface area contributed by atoms with Gasteiger partial charge in [-0.05, 0) is 50.3 Å². The molecular weight excluding hydrogens is 272 g/mol. The molecule has 2 aromatic heterocycles. The second-order valence-corrected chi connectivity index (χ2v) is 6.31. The SMILES string of the molecule is CCCn1ccnc1CN1CCC[C@@H](Cc2ccccn2)C1. The summed E-state index contributed by atoms with van der Waals surface area (Å²) in [7, 11) is 0. The molecule has 118 valence electrons. The Morgan fingerprint density at radius 2 is 2.18 bits per heavy atom. The highest BCUT2D eigenvalue weighted by atomic mass is 15.2. The first kappa shape index (κ1) is 15.2. The molecule has 22 heavy (non-hydrogen) atoms. The molecule has 0 aliphatic carbocycles. The lowest BCUT2D eigenvalue weighted by molar-refractivity contribution is 0.161. The number of likely N-dealkylation sites (tertiary alicyclic amines) is 1. The molecule has 1 saturated heterocycles. The zero-order chi connectivity index (χ0) is 15.2. The van der Waals surface area contributed by atoms with Gasteiger partial charge in [-0.15, -0.1) is 0 Å². The van der Waals surface area contributed by atoms with Crippen molar-refractivity contribution in [3.63, 3.8) is 0 Å². The minimum Gasteiger partial charge on any atom is -0.334 e. The van der Waals surface area contributed by atoms with Gasteiger partial charge in [0, 0.05) is 37.4 Å². The summed E-state index contributed by atoms with van der Waals surface area (Å²) in [5, 5.41) is 0. The molecule has 3 rings (SSSR count). The Bertz CT molecular complexity index is 563. The van der Waals surface area contributed by atoms with Crippen molar-refractivity contribution in [3.05, 3.63) is 48.3 Å². The molecule has 1 fully saturated rings. The Labute approximate surface area is 133 Å². The fourth-order valence-corrected chi connectivity index (χ4v) is 3.41. The molecule has 0 amide bonds.